The first-order valence-corrected chi connectivity index (χ1v) is 5.97. The first kappa shape index (κ1) is 14.8. The van der Waals surface area contributed by atoms with Gasteiger partial charge in [0.15, 0.2) is 11.5 Å². The van der Waals surface area contributed by atoms with Crippen molar-refractivity contribution < 1.29 is 24.1 Å². The fourth-order valence-corrected chi connectivity index (χ4v) is 1.99. The maximum atomic E-state index is 13.7. The van der Waals surface area contributed by atoms with Gasteiger partial charge in [0.1, 0.15) is 0 Å². The van der Waals surface area contributed by atoms with Crippen molar-refractivity contribution in [3.05, 3.63) is 21.9 Å². The standard InChI is InChI=1S/C12H14BrFO4/c1-12(2,11(16)17)5-6-4-7(13)9(15)8(14)10(6)18-3/h4,15H,5H2,1-3H3,(H,16,17). The molecule has 0 aliphatic heterocycles. The second kappa shape index (κ2) is 5.14. The van der Waals surface area contributed by atoms with Gasteiger partial charge in [0.2, 0.25) is 5.82 Å². The summed E-state index contributed by atoms with van der Waals surface area (Å²) in [6.45, 7) is 3.07. The smallest absolute Gasteiger partial charge is 0.309 e. The van der Waals surface area contributed by atoms with Crippen molar-refractivity contribution in [3.8, 4) is 11.5 Å². The first-order chi connectivity index (χ1) is 8.20. The van der Waals surface area contributed by atoms with Crippen molar-refractivity contribution in [2.24, 2.45) is 5.41 Å². The third-order valence-corrected chi connectivity index (χ3v) is 3.25. The highest BCUT2D eigenvalue weighted by molar-refractivity contribution is 9.10. The fourth-order valence-electron chi connectivity index (χ4n) is 1.54. The molecule has 100 valence electrons. The molecule has 0 aromatic heterocycles. The van der Waals surface area contributed by atoms with E-state index in [9.17, 15) is 14.3 Å². The molecule has 0 amide bonds. The Kier molecular flexibility index (Phi) is 4.21. The topological polar surface area (TPSA) is 66.8 Å². The molecule has 0 spiro atoms. The van der Waals surface area contributed by atoms with Gasteiger partial charge in [-0.2, -0.15) is 4.39 Å². The van der Waals surface area contributed by atoms with Gasteiger partial charge in [0, 0.05) is 0 Å². The van der Waals surface area contributed by atoms with E-state index < -0.39 is 23.0 Å². The molecular formula is C12H14BrFO4. The van der Waals surface area contributed by atoms with Gasteiger partial charge >= 0.3 is 5.97 Å². The van der Waals surface area contributed by atoms with Gasteiger partial charge in [0.25, 0.3) is 0 Å². The fraction of sp³-hybridized carbons (Fsp3) is 0.417. The number of benzene rings is 1. The van der Waals surface area contributed by atoms with Crippen LogP contribution >= 0.6 is 15.9 Å². The van der Waals surface area contributed by atoms with E-state index in [1.54, 1.807) is 0 Å². The van der Waals surface area contributed by atoms with Crippen LogP contribution < -0.4 is 4.74 Å². The lowest BCUT2D eigenvalue weighted by molar-refractivity contribution is -0.146. The van der Waals surface area contributed by atoms with Gasteiger partial charge < -0.3 is 14.9 Å². The van der Waals surface area contributed by atoms with Crippen LogP contribution in [0.15, 0.2) is 10.5 Å². The molecule has 0 aliphatic rings. The Balaban J connectivity index is 3.29. The van der Waals surface area contributed by atoms with Gasteiger partial charge in [0.05, 0.1) is 17.0 Å². The number of carbonyl (C=O) groups is 1. The monoisotopic (exact) mass is 320 g/mol. The number of phenols is 1. The number of hydrogen-bond donors (Lipinski definition) is 2. The van der Waals surface area contributed by atoms with E-state index in [0.717, 1.165) is 0 Å². The van der Waals surface area contributed by atoms with Crippen LogP contribution in [0.5, 0.6) is 11.5 Å². The average molecular weight is 321 g/mol. The third kappa shape index (κ3) is 2.75. The summed E-state index contributed by atoms with van der Waals surface area (Å²) in [7, 11) is 1.27. The van der Waals surface area contributed by atoms with Gasteiger partial charge in [-0.25, -0.2) is 0 Å². The minimum absolute atomic E-state index is 0.0846. The van der Waals surface area contributed by atoms with Crippen molar-refractivity contribution in [2.45, 2.75) is 20.3 Å². The lowest BCUT2D eigenvalue weighted by Crippen LogP contribution is -2.26. The molecular weight excluding hydrogens is 307 g/mol. The third-order valence-electron chi connectivity index (χ3n) is 2.64. The van der Waals surface area contributed by atoms with Crippen molar-refractivity contribution in [1.82, 2.24) is 0 Å². The molecule has 2 N–H and O–H groups in total. The molecule has 0 aliphatic carbocycles. The molecule has 0 radical (unpaired) electrons. The van der Waals surface area contributed by atoms with E-state index in [2.05, 4.69) is 15.9 Å². The van der Waals surface area contributed by atoms with E-state index in [-0.39, 0.29) is 16.6 Å². The molecule has 1 aromatic carbocycles. The Morgan fingerprint density at radius 1 is 1.56 bits per heavy atom. The molecule has 6 heteroatoms. The van der Waals surface area contributed by atoms with Gasteiger partial charge in [-0.15, -0.1) is 0 Å². The van der Waals surface area contributed by atoms with Crippen LogP contribution in [-0.4, -0.2) is 23.3 Å². The Morgan fingerprint density at radius 2 is 2.11 bits per heavy atom. The normalized spacial score (nSPS) is 11.4. The Labute approximate surface area is 113 Å². The lowest BCUT2D eigenvalue weighted by Gasteiger charge is -2.21. The van der Waals surface area contributed by atoms with Crippen molar-refractivity contribution in [2.75, 3.05) is 7.11 Å². The van der Waals surface area contributed by atoms with E-state index in [0.29, 0.717) is 5.56 Å². The molecule has 0 unspecified atom stereocenters. The maximum absolute atomic E-state index is 13.7. The molecule has 1 rings (SSSR count). The number of ether oxygens (including phenoxy) is 1. The number of aromatic hydroxyl groups is 1. The molecule has 18 heavy (non-hydrogen) atoms. The summed E-state index contributed by atoms with van der Waals surface area (Å²) in [4.78, 5) is 11.1. The van der Waals surface area contributed by atoms with Crippen LogP contribution in [-0.2, 0) is 11.2 Å². The highest BCUT2D eigenvalue weighted by Gasteiger charge is 2.30. The van der Waals surface area contributed by atoms with Crippen molar-refractivity contribution in [3.63, 3.8) is 0 Å². The Bertz CT molecular complexity index is 485. The number of phenolic OH excluding ortho intramolecular Hbond substituents is 1. The van der Waals surface area contributed by atoms with Gasteiger partial charge in [-0.3, -0.25) is 4.79 Å². The predicted octanol–water partition coefficient (Wildman–Crippen LogP) is 2.96. The number of methoxy groups -OCH3 is 1. The molecule has 0 saturated carbocycles. The number of aliphatic carboxylic acids is 1. The molecule has 0 bridgehead atoms. The van der Waals surface area contributed by atoms with Crippen LogP contribution in [0.3, 0.4) is 0 Å². The summed E-state index contributed by atoms with van der Waals surface area (Å²) in [5.74, 6) is -2.58. The number of carboxylic acid groups (broad SMARTS) is 1. The minimum atomic E-state index is -1.06. The summed E-state index contributed by atoms with van der Waals surface area (Å²) >= 11 is 3.01. The summed E-state index contributed by atoms with van der Waals surface area (Å²) in [5, 5.41) is 18.5. The van der Waals surface area contributed by atoms with Crippen molar-refractivity contribution >= 4 is 21.9 Å². The maximum Gasteiger partial charge on any atom is 0.309 e. The van der Waals surface area contributed by atoms with Crippen LogP contribution in [0.2, 0.25) is 0 Å². The summed E-state index contributed by atoms with van der Waals surface area (Å²) in [5.41, 5.74) is -0.678. The van der Waals surface area contributed by atoms with Crippen LogP contribution in [0.25, 0.3) is 0 Å². The quantitative estimate of drug-likeness (QED) is 0.895. The Morgan fingerprint density at radius 3 is 2.56 bits per heavy atom. The summed E-state index contributed by atoms with van der Waals surface area (Å²) < 4.78 is 18.8. The number of carboxylic acids is 1. The van der Waals surface area contributed by atoms with E-state index in [1.165, 1.54) is 27.0 Å². The summed E-state index contributed by atoms with van der Waals surface area (Å²) in [6, 6.07) is 1.46. The van der Waals surface area contributed by atoms with E-state index in [4.69, 9.17) is 9.84 Å². The SMILES string of the molecule is COc1c(CC(C)(C)C(=O)O)cc(Br)c(O)c1F. The second-order valence-electron chi connectivity index (χ2n) is 4.58. The molecule has 0 atom stereocenters. The Hall–Kier alpha value is -1.30. The molecule has 0 heterocycles. The van der Waals surface area contributed by atoms with E-state index >= 15 is 0 Å². The number of halogens is 2. The highest BCUT2D eigenvalue weighted by atomic mass is 79.9. The van der Waals surface area contributed by atoms with Gasteiger partial charge in [-0.1, -0.05) is 0 Å². The number of rotatable bonds is 4. The largest absolute Gasteiger partial charge is 0.504 e. The average Bonchev–Trinajstić information content (AvgIpc) is 2.26. The van der Waals surface area contributed by atoms with Crippen molar-refractivity contribution in [1.29, 1.82) is 0 Å². The van der Waals surface area contributed by atoms with Gasteiger partial charge in [-0.05, 0) is 47.8 Å². The molecule has 1 aromatic rings. The highest BCUT2D eigenvalue weighted by Crippen LogP contribution is 2.38. The second-order valence-corrected chi connectivity index (χ2v) is 5.43. The zero-order valence-corrected chi connectivity index (χ0v) is 11.8. The minimum Gasteiger partial charge on any atom is -0.504 e. The lowest BCUT2D eigenvalue weighted by atomic mass is 9.85. The predicted molar refractivity (Wildman–Crippen MR) is 67.4 cm³/mol. The first-order valence-electron chi connectivity index (χ1n) is 5.18. The zero-order chi connectivity index (χ0) is 14.1. The molecule has 0 fully saturated rings. The van der Waals surface area contributed by atoms with Crippen LogP contribution in [0, 0.1) is 11.2 Å². The summed E-state index contributed by atoms with van der Waals surface area (Å²) in [6.07, 6.45) is 0.0846. The molecule has 0 saturated heterocycles. The number of hydrogen-bond acceptors (Lipinski definition) is 3. The zero-order valence-electron chi connectivity index (χ0n) is 10.3. The van der Waals surface area contributed by atoms with E-state index in [1.807, 2.05) is 0 Å². The van der Waals surface area contributed by atoms with Crippen LogP contribution in [0.1, 0.15) is 19.4 Å². The molecule has 4 nitrogen and oxygen atoms in total. The van der Waals surface area contributed by atoms with Crippen LogP contribution in [0.4, 0.5) is 4.39 Å².